The van der Waals surface area contributed by atoms with Gasteiger partial charge in [-0.15, -0.1) is 0 Å². The molecule has 1 aromatic carbocycles. The van der Waals surface area contributed by atoms with E-state index in [1.165, 1.54) is 12.1 Å². The maximum atomic E-state index is 12.9. The van der Waals surface area contributed by atoms with Crippen molar-refractivity contribution < 1.29 is 8.81 Å². The fourth-order valence-electron chi connectivity index (χ4n) is 1.36. The van der Waals surface area contributed by atoms with Gasteiger partial charge in [0.05, 0.1) is 6.20 Å². The lowest BCUT2D eigenvalue weighted by Crippen LogP contribution is -2.02. The van der Waals surface area contributed by atoms with E-state index >= 15 is 0 Å². The van der Waals surface area contributed by atoms with E-state index in [2.05, 4.69) is 27.6 Å². The Kier molecular flexibility index (Phi) is 3.55. The number of hydrogen-bond acceptors (Lipinski definition) is 3. The van der Waals surface area contributed by atoms with Crippen molar-refractivity contribution in [3.8, 4) is 11.3 Å². The standard InChI is InChI=1S/C11H10FIN2O/c12-7-1-2-8(9(13)5-7)10-6-15-11(16-10)3-4-14/h1-2,5-6H,3-4,14H2. The topological polar surface area (TPSA) is 52.0 Å². The summed E-state index contributed by atoms with van der Waals surface area (Å²) in [7, 11) is 0. The Morgan fingerprint density at radius 1 is 1.44 bits per heavy atom. The second-order valence-electron chi connectivity index (χ2n) is 3.28. The van der Waals surface area contributed by atoms with E-state index in [1.807, 2.05) is 0 Å². The Hall–Kier alpha value is -0.950. The van der Waals surface area contributed by atoms with Crippen LogP contribution in [-0.4, -0.2) is 11.5 Å². The van der Waals surface area contributed by atoms with Gasteiger partial charge in [0, 0.05) is 22.1 Å². The van der Waals surface area contributed by atoms with E-state index in [9.17, 15) is 4.39 Å². The van der Waals surface area contributed by atoms with Crippen molar-refractivity contribution in [2.45, 2.75) is 6.42 Å². The zero-order valence-electron chi connectivity index (χ0n) is 8.41. The van der Waals surface area contributed by atoms with E-state index in [0.29, 0.717) is 24.6 Å². The van der Waals surface area contributed by atoms with Crippen LogP contribution in [0.3, 0.4) is 0 Å². The summed E-state index contributed by atoms with van der Waals surface area (Å²) in [6.45, 7) is 0.500. The number of nitrogens with two attached hydrogens (primary N) is 1. The molecule has 1 aromatic heterocycles. The summed E-state index contributed by atoms with van der Waals surface area (Å²) < 4.78 is 19.2. The van der Waals surface area contributed by atoms with E-state index in [4.69, 9.17) is 10.2 Å². The van der Waals surface area contributed by atoms with Gasteiger partial charge in [0.15, 0.2) is 11.7 Å². The molecule has 1 heterocycles. The molecule has 0 aliphatic rings. The van der Waals surface area contributed by atoms with Gasteiger partial charge in [0.2, 0.25) is 0 Å². The minimum absolute atomic E-state index is 0.255. The molecule has 0 fully saturated rings. The number of hydrogen-bond donors (Lipinski definition) is 1. The third-order valence-corrected chi connectivity index (χ3v) is 3.00. The Morgan fingerprint density at radius 2 is 2.25 bits per heavy atom. The van der Waals surface area contributed by atoms with Crippen LogP contribution >= 0.6 is 22.6 Å². The minimum atomic E-state index is -0.255. The molecule has 0 aliphatic heterocycles. The van der Waals surface area contributed by atoms with Gasteiger partial charge in [-0.25, -0.2) is 9.37 Å². The lowest BCUT2D eigenvalue weighted by atomic mass is 10.2. The predicted molar refractivity (Wildman–Crippen MR) is 67.4 cm³/mol. The first-order valence-corrected chi connectivity index (χ1v) is 5.89. The molecule has 0 aliphatic carbocycles. The van der Waals surface area contributed by atoms with Crippen molar-refractivity contribution in [2.75, 3.05) is 6.54 Å². The third kappa shape index (κ3) is 2.41. The van der Waals surface area contributed by atoms with Crippen LogP contribution in [0, 0.1) is 9.39 Å². The molecule has 0 amide bonds. The van der Waals surface area contributed by atoms with Gasteiger partial charge in [-0.05, 0) is 40.8 Å². The normalized spacial score (nSPS) is 10.7. The maximum Gasteiger partial charge on any atom is 0.196 e. The van der Waals surface area contributed by atoms with Crippen LogP contribution in [0.1, 0.15) is 5.89 Å². The van der Waals surface area contributed by atoms with Crippen LogP contribution in [-0.2, 0) is 6.42 Å². The SMILES string of the molecule is NCCc1ncc(-c2ccc(F)cc2I)o1. The van der Waals surface area contributed by atoms with Gasteiger partial charge in [-0.3, -0.25) is 0 Å². The number of oxazole rings is 1. The van der Waals surface area contributed by atoms with Gasteiger partial charge in [0.25, 0.3) is 0 Å². The molecular weight excluding hydrogens is 322 g/mol. The van der Waals surface area contributed by atoms with Crippen molar-refractivity contribution in [2.24, 2.45) is 5.73 Å². The first kappa shape index (κ1) is 11.5. The van der Waals surface area contributed by atoms with Gasteiger partial charge in [0.1, 0.15) is 5.82 Å². The molecule has 0 atom stereocenters. The summed E-state index contributed by atoms with van der Waals surface area (Å²) >= 11 is 2.07. The number of aromatic nitrogens is 1. The largest absolute Gasteiger partial charge is 0.441 e. The highest BCUT2D eigenvalue weighted by Crippen LogP contribution is 2.26. The van der Waals surface area contributed by atoms with Crippen LogP contribution < -0.4 is 5.73 Å². The molecule has 84 valence electrons. The first-order valence-electron chi connectivity index (χ1n) is 4.81. The number of halogens is 2. The lowest BCUT2D eigenvalue weighted by Gasteiger charge is -2.00. The molecule has 0 saturated heterocycles. The number of nitrogens with zero attached hydrogens (tertiary/aromatic N) is 1. The van der Waals surface area contributed by atoms with Crippen LogP contribution in [0.25, 0.3) is 11.3 Å². The van der Waals surface area contributed by atoms with E-state index in [0.717, 1.165) is 9.13 Å². The average molecular weight is 332 g/mol. The van der Waals surface area contributed by atoms with E-state index < -0.39 is 0 Å². The van der Waals surface area contributed by atoms with Crippen LogP contribution in [0.5, 0.6) is 0 Å². The Labute approximate surface area is 106 Å². The molecule has 2 N–H and O–H groups in total. The van der Waals surface area contributed by atoms with Gasteiger partial charge in [-0.1, -0.05) is 0 Å². The molecule has 0 radical (unpaired) electrons. The predicted octanol–water partition coefficient (Wildman–Crippen LogP) is 2.59. The second kappa shape index (κ2) is 4.92. The quantitative estimate of drug-likeness (QED) is 0.879. The molecule has 0 unspecified atom stereocenters. The first-order chi connectivity index (χ1) is 7.70. The molecule has 0 bridgehead atoms. The summed E-state index contributed by atoms with van der Waals surface area (Å²) in [4.78, 5) is 4.10. The fourth-order valence-corrected chi connectivity index (χ4v) is 2.11. The lowest BCUT2D eigenvalue weighted by molar-refractivity contribution is 0.507. The number of rotatable bonds is 3. The minimum Gasteiger partial charge on any atom is -0.441 e. The zero-order valence-corrected chi connectivity index (χ0v) is 10.6. The van der Waals surface area contributed by atoms with Gasteiger partial charge < -0.3 is 10.2 Å². The van der Waals surface area contributed by atoms with Crippen LogP contribution in [0.15, 0.2) is 28.8 Å². The summed E-state index contributed by atoms with van der Waals surface area (Å²) in [5.74, 6) is 1.00. The summed E-state index contributed by atoms with van der Waals surface area (Å²) in [5.41, 5.74) is 6.25. The van der Waals surface area contributed by atoms with Gasteiger partial charge in [-0.2, -0.15) is 0 Å². The van der Waals surface area contributed by atoms with Crippen molar-refractivity contribution >= 4 is 22.6 Å². The summed E-state index contributed by atoms with van der Waals surface area (Å²) in [6.07, 6.45) is 2.25. The molecule has 0 saturated carbocycles. The zero-order chi connectivity index (χ0) is 11.5. The summed E-state index contributed by atoms with van der Waals surface area (Å²) in [5, 5.41) is 0. The fraction of sp³-hybridized carbons (Fsp3) is 0.182. The molecule has 3 nitrogen and oxygen atoms in total. The maximum absolute atomic E-state index is 12.9. The van der Waals surface area contributed by atoms with Gasteiger partial charge >= 0.3 is 0 Å². The van der Waals surface area contributed by atoms with E-state index in [1.54, 1.807) is 12.3 Å². The molecule has 0 spiro atoms. The third-order valence-electron chi connectivity index (χ3n) is 2.11. The van der Waals surface area contributed by atoms with Crippen molar-refractivity contribution in [1.29, 1.82) is 0 Å². The summed E-state index contributed by atoms with van der Waals surface area (Å²) in [6, 6.07) is 4.55. The van der Waals surface area contributed by atoms with Crippen molar-refractivity contribution in [1.82, 2.24) is 4.98 Å². The van der Waals surface area contributed by atoms with Crippen LogP contribution in [0.4, 0.5) is 4.39 Å². The molecule has 2 aromatic rings. The highest BCUT2D eigenvalue weighted by Gasteiger charge is 2.09. The average Bonchev–Trinajstić information content (AvgIpc) is 2.67. The van der Waals surface area contributed by atoms with Crippen molar-refractivity contribution in [3.63, 3.8) is 0 Å². The smallest absolute Gasteiger partial charge is 0.196 e. The van der Waals surface area contributed by atoms with Crippen molar-refractivity contribution in [3.05, 3.63) is 39.7 Å². The second-order valence-corrected chi connectivity index (χ2v) is 4.44. The molecular formula is C11H10FIN2O. The molecule has 16 heavy (non-hydrogen) atoms. The highest BCUT2D eigenvalue weighted by atomic mass is 127. The molecule has 5 heteroatoms. The van der Waals surface area contributed by atoms with Crippen LogP contribution in [0.2, 0.25) is 0 Å². The Morgan fingerprint density at radius 3 is 2.94 bits per heavy atom. The highest BCUT2D eigenvalue weighted by molar-refractivity contribution is 14.1. The van der Waals surface area contributed by atoms with E-state index in [-0.39, 0.29) is 5.82 Å². The Balaban J connectivity index is 2.35. The molecule has 2 rings (SSSR count). The number of benzene rings is 1. The monoisotopic (exact) mass is 332 g/mol. The Bertz CT molecular complexity index is 498.